The van der Waals surface area contributed by atoms with Crippen molar-refractivity contribution in [3.8, 4) is 0 Å². The Morgan fingerprint density at radius 2 is 1.96 bits per heavy atom. The fraction of sp³-hybridized carbons (Fsp3) is 0.765. The fourth-order valence-electron chi connectivity index (χ4n) is 4.41. The van der Waals surface area contributed by atoms with E-state index in [1.165, 1.54) is 12.8 Å². The number of nitrogens with zero attached hydrogens (tertiary/aromatic N) is 4. The number of rotatable bonds is 3. The van der Waals surface area contributed by atoms with Gasteiger partial charge in [0.15, 0.2) is 5.13 Å². The van der Waals surface area contributed by atoms with Crippen molar-refractivity contribution >= 4 is 34.0 Å². The van der Waals surface area contributed by atoms with Crippen LogP contribution in [0.1, 0.15) is 37.0 Å². The van der Waals surface area contributed by atoms with Crippen LogP contribution in [0.2, 0.25) is 5.15 Å². The van der Waals surface area contributed by atoms with Gasteiger partial charge >= 0.3 is 0 Å². The third-order valence-corrected chi connectivity index (χ3v) is 7.29. The largest absolute Gasteiger partial charge is 0.348 e. The van der Waals surface area contributed by atoms with Crippen LogP contribution in [-0.4, -0.2) is 60.5 Å². The maximum absolute atomic E-state index is 12.6. The highest BCUT2D eigenvalue weighted by molar-refractivity contribution is 7.16. The number of carbonyl (C=O) groups excluding carboxylic acids is 1. The number of thiazole rings is 1. The lowest BCUT2D eigenvalue weighted by atomic mass is 9.78. The summed E-state index contributed by atoms with van der Waals surface area (Å²) < 4.78 is 0. The van der Waals surface area contributed by atoms with Gasteiger partial charge in [-0.15, -0.1) is 0 Å². The first-order valence-corrected chi connectivity index (χ1v) is 10.1. The van der Waals surface area contributed by atoms with Crippen LogP contribution < -0.4 is 4.90 Å². The molecule has 1 spiro atoms. The van der Waals surface area contributed by atoms with Gasteiger partial charge in [0.25, 0.3) is 0 Å². The number of likely N-dealkylation sites (tertiary alicyclic amines) is 2. The summed E-state index contributed by atoms with van der Waals surface area (Å²) in [5, 5.41) is 1.71. The zero-order valence-corrected chi connectivity index (χ0v) is 15.8. The van der Waals surface area contributed by atoms with E-state index in [4.69, 9.17) is 11.6 Å². The van der Waals surface area contributed by atoms with E-state index in [2.05, 4.69) is 14.8 Å². The van der Waals surface area contributed by atoms with Crippen molar-refractivity contribution in [3.05, 3.63) is 10.0 Å². The van der Waals surface area contributed by atoms with Crippen LogP contribution >= 0.6 is 22.9 Å². The first-order valence-electron chi connectivity index (χ1n) is 8.95. The van der Waals surface area contributed by atoms with Crippen molar-refractivity contribution in [1.82, 2.24) is 14.8 Å². The van der Waals surface area contributed by atoms with Crippen molar-refractivity contribution in [2.24, 2.45) is 5.41 Å². The number of hydrogen-bond donors (Lipinski definition) is 0. The minimum Gasteiger partial charge on any atom is -0.348 e. The summed E-state index contributed by atoms with van der Waals surface area (Å²) in [7, 11) is 1.94. The Morgan fingerprint density at radius 3 is 2.75 bits per heavy atom. The van der Waals surface area contributed by atoms with Crippen LogP contribution in [0, 0.1) is 5.41 Å². The van der Waals surface area contributed by atoms with Crippen molar-refractivity contribution in [2.45, 2.75) is 38.6 Å². The summed E-state index contributed by atoms with van der Waals surface area (Å²) in [6.07, 6.45) is 5.62. The van der Waals surface area contributed by atoms with E-state index in [1.54, 1.807) is 11.3 Å². The van der Waals surface area contributed by atoms with Crippen molar-refractivity contribution in [1.29, 1.82) is 0 Å². The highest BCUT2D eigenvalue weighted by atomic mass is 35.5. The fourth-order valence-corrected chi connectivity index (χ4v) is 5.76. The van der Waals surface area contributed by atoms with Gasteiger partial charge < -0.3 is 9.80 Å². The lowest BCUT2D eigenvalue weighted by Gasteiger charge is -2.37. The maximum atomic E-state index is 12.6. The van der Waals surface area contributed by atoms with Gasteiger partial charge in [-0.3, -0.25) is 9.69 Å². The second-order valence-electron chi connectivity index (χ2n) is 7.48. The molecule has 1 atom stereocenters. The maximum Gasteiger partial charge on any atom is 0.229 e. The second-order valence-corrected chi connectivity index (χ2v) is 8.90. The van der Waals surface area contributed by atoms with Crippen molar-refractivity contribution < 1.29 is 4.79 Å². The van der Waals surface area contributed by atoms with Gasteiger partial charge in [-0.1, -0.05) is 22.9 Å². The normalized spacial score (nSPS) is 28.5. The Kier molecular flexibility index (Phi) is 4.47. The van der Waals surface area contributed by atoms with E-state index >= 15 is 0 Å². The molecule has 0 aromatic carbocycles. The number of carbonyl (C=O) groups is 1. The number of aromatic nitrogens is 1. The van der Waals surface area contributed by atoms with Gasteiger partial charge in [-0.05, 0) is 38.6 Å². The minimum absolute atomic E-state index is 0.151. The molecule has 1 aromatic heterocycles. The predicted octanol–water partition coefficient (Wildman–Crippen LogP) is 2.84. The lowest BCUT2D eigenvalue weighted by molar-refractivity contribution is -0.143. The Balaban J connectivity index is 1.44. The van der Waals surface area contributed by atoms with Crippen LogP contribution in [-0.2, 0) is 11.3 Å². The molecule has 132 valence electrons. The second kappa shape index (κ2) is 6.46. The van der Waals surface area contributed by atoms with Gasteiger partial charge in [0.1, 0.15) is 5.15 Å². The zero-order valence-electron chi connectivity index (χ0n) is 14.3. The standard InChI is InChI=1S/C17H25ClN4OS/c1-20-7-4-5-17(15(20)23)6-10-21(12-17)11-13-14(18)19-16(24-13)22-8-2-3-9-22/h2-12H2,1H3/t17-/m1/s1. The Morgan fingerprint density at radius 1 is 1.17 bits per heavy atom. The van der Waals surface area contributed by atoms with Gasteiger partial charge in [0.2, 0.25) is 5.91 Å². The van der Waals surface area contributed by atoms with E-state index in [9.17, 15) is 4.79 Å². The molecule has 3 saturated heterocycles. The van der Waals surface area contributed by atoms with Crippen LogP contribution in [0.3, 0.4) is 0 Å². The average molecular weight is 369 g/mol. The van der Waals surface area contributed by atoms with Gasteiger partial charge in [0.05, 0.1) is 10.3 Å². The molecular weight excluding hydrogens is 344 g/mol. The SMILES string of the molecule is CN1CCC[C@]2(CCN(Cc3sc(N4CCCC4)nc3Cl)C2)C1=O. The molecule has 24 heavy (non-hydrogen) atoms. The topological polar surface area (TPSA) is 39.7 Å². The summed E-state index contributed by atoms with van der Waals surface area (Å²) in [6.45, 7) is 5.76. The van der Waals surface area contributed by atoms with E-state index in [0.717, 1.165) is 68.5 Å². The first kappa shape index (κ1) is 16.6. The summed E-state index contributed by atoms with van der Waals surface area (Å²) >= 11 is 8.13. The Labute approximate surface area is 152 Å². The van der Waals surface area contributed by atoms with E-state index in [0.29, 0.717) is 11.1 Å². The monoisotopic (exact) mass is 368 g/mol. The van der Waals surface area contributed by atoms with Crippen molar-refractivity contribution in [3.63, 3.8) is 0 Å². The molecular formula is C17H25ClN4OS. The lowest BCUT2D eigenvalue weighted by Crippen LogP contribution is -2.48. The highest BCUT2D eigenvalue weighted by Crippen LogP contribution is 2.41. The number of piperidine rings is 1. The molecule has 0 aliphatic carbocycles. The average Bonchev–Trinajstić information content (AvgIpc) is 3.28. The number of halogens is 1. The highest BCUT2D eigenvalue weighted by Gasteiger charge is 2.47. The summed E-state index contributed by atoms with van der Waals surface area (Å²) in [5.74, 6) is 0.337. The third-order valence-electron chi connectivity index (χ3n) is 5.76. The number of hydrogen-bond acceptors (Lipinski definition) is 5. The predicted molar refractivity (Wildman–Crippen MR) is 97.8 cm³/mol. The van der Waals surface area contributed by atoms with Crippen LogP contribution in [0.4, 0.5) is 5.13 Å². The molecule has 3 fully saturated rings. The molecule has 3 aliphatic heterocycles. The van der Waals surface area contributed by atoms with Crippen LogP contribution in [0.15, 0.2) is 0 Å². The zero-order chi connectivity index (χ0) is 16.7. The van der Waals surface area contributed by atoms with E-state index in [1.807, 2.05) is 11.9 Å². The molecule has 1 aromatic rings. The molecule has 7 heteroatoms. The van der Waals surface area contributed by atoms with Crippen LogP contribution in [0.5, 0.6) is 0 Å². The minimum atomic E-state index is -0.151. The Bertz CT molecular complexity index is 630. The van der Waals surface area contributed by atoms with Crippen molar-refractivity contribution in [2.75, 3.05) is 44.7 Å². The molecule has 0 radical (unpaired) electrons. The number of amides is 1. The molecule has 0 unspecified atom stereocenters. The molecule has 0 N–H and O–H groups in total. The molecule has 0 bridgehead atoms. The quantitative estimate of drug-likeness (QED) is 0.822. The number of anilines is 1. The van der Waals surface area contributed by atoms with Gasteiger partial charge in [-0.25, -0.2) is 4.98 Å². The van der Waals surface area contributed by atoms with Gasteiger partial charge in [-0.2, -0.15) is 0 Å². The molecule has 4 heterocycles. The smallest absolute Gasteiger partial charge is 0.229 e. The van der Waals surface area contributed by atoms with Gasteiger partial charge in [0, 0.05) is 39.8 Å². The molecule has 0 saturated carbocycles. The molecule has 5 nitrogen and oxygen atoms in total. The Hall–Kier alpha value is -0.850. The van der Waals surface area contributed by atoms with E-state index < -0.39 is 0 Å². The summed E-state index contributed by atoms with van der Waals surface area (Å²) in [5.41, 5.74) is -0.151. The summed E-state index contributed by atoms with van der Waals surface area (Å²) in [6, 6.07) is 0. The van der Waals surface area contributed by atoms with E-state index in [-0.39, 0.29) is 5.41 Å². The first-order chi connectivity index (χ1) is 11.6. The molecule has 3 aliphatic rings. The van der Waals surface area contributed by atoms with Crippen LogP contribution in [0.25, 0.3) is 0 Å². The molecule has 4 rings (SSSR count). The summed E-state index contributed by atoms with van der Waals surface area (Å²) in [4.78, 5) is 25.0. The third kappa shape index (κ3) is 2.93. The molecule has 1 amide bonds.